The summed E-state index contributed by atoms with van der Waals surface area (Å²) < 4.78 is 29.3. The van der Waals surface area contributed by atoms with Crippen molar-refractivity contribution in [2.75, 3.05) is 40.3 Å². The van der Waals surface area contributed by atoms with E-state index in [9.17, 15) is 13.2 Å². The Morgan fingerprint density at radius 2 is 1.91 bits per heavy atom. The van der Waals surface area contributed by atoms with Gasteiger partial charge in [0.1, 0.15) is 5.70 Å². The first-order chi connectivity index (χ1) is 10.9. The van der Waals surface area contributed by atoms with Crippen molar-refractivity contribution in [1.29, 1.82) is 0 Å². The van der Waals surface area contributed by atoms with Gasteiger partial charge in [0.05, 0.1) is 10.6 Å². The van der Waals surface area contributed by atoms with Crippen LogP contribution in [-0.4, -0.2) is 74.4 Å². The predicted octanol–water partition coefficient (Wildman–Crippen LogP) is 0.385. The lowest BCUT2D eigenvalue weighted by Gasteiger charge is -2.34. The van der Waals surface area contributed by atoms with Crippen LogP contribution in [0, 0.1) is 0 Å². The predicted molar refractivity (Wildman–Crippen MR) is 89.7 cm³/mol. The fourth-order valence-electron chi connectivity index (χ4n) is 2.46. The molecule has 0 aromatic carbocycles. The van der Waals surface area contributed by atoms with Gasteiger partial charge in [0.15, 0.2) is 0 Å². The van der Waals surface area contributed by atoms with Crippen molar-refractivity contribution in [2.45, 2.75) is 0 Å². The summed E-state index contributed by atoms with van der Waals surface area (Å²) in [7, 11) is -0.514. The third-order valence-electron chi connectivity index (χ3n) is 3.96. The highest BCUT2D eigenvalue weighted by Crippen LogP contribution is 2.23. The molecule has 2 aliphatic rings. The number of thiophene rings is 1. The number of piperazine rings is 1. The molecular weight excluding hydrogens is 336 g/mol. The lowest BCUT2D eigenvalue weighted by atomic mass is 10.2. The fraction of sp³-hybridized carbons (Fsp3) is 0.429. The maximum atomic E-state index is 12.8. The zero-order valence-electron chi connectivity index (χ0n) is 13.0. The average Bonchev–Trinajstić information content (AvgIpc) is 3.04. The molecule has 3 heterocycles. The number of hydrogen-bond donors (Lipinski definition) is 0. The van der Waals surface area contributed by atoms with Crippen LogP contribution in [0.4, 0.5) is 0 Å². The van der Waals surface area contributed by atoms with Gasteiger partial charge in [-0.25, -0.2) is 4.31 Å². The Kier molecular flexibility index (Phi) is 4.26. The van der Waals surface area contributed by atoms with Crippen LogP contribution in [-0.2, 0) is 15.0 Å². The molecule has 0 aliphatic carbocycles. The first kappa shape index (κ1) is 16.2. The molecule has 0 spiro atoms. The van der Waals surface area contributed by atoms with E-state index < -0.39 is 10.2 Å². The smallest absolute Gasteiger partial charge is 0.335 e. The molecular formula is C14H18N4O3S2. The zero-order chi connectivity index (χ0) is 16.6. The number of amides is 1. The highest BCUT2D eigenvalue weighted by molar-refractivity contribution is 7.88. The second kappa shape index (κ2) is 6.06. The van der Waals surface area contributed by atoms with Crippen molar-refractivity contribution in [3.8, 4) is 0 Å². The number of hydrogen-bond acceptors (Lipinski definition) is 5. The van der Waals surface area contributed by atoms with Gasteiger partial charge in [-0.1, -0.05) is 6.07 Å². The topological polar surface area (TPSA) is 73.3 Å². The molecule has 1 saturated heterocycles. The molecule has 1 fully saturated rings. The Bertz CT molecular complexity index is 760. The number of likely N-dealkylation sites (N-methyl/N-ethyl adjacent to an activating group) is 2. The maximum Gasteiger partial charge on any atom is 0.345 e. The van der Waals surface area contributed by atoms with E-state index in [4.69, 9.17) is 0 Å². The fourth-order valence-corrected chi connectivity index (χ4v) is 4.11. The summed E-state index contributed by atoms with van der Waals surface area (Å²) in [6.07, 6.45) is 1.56. The number of rotatable bonds is 2. The second-order valence-electron chi connectivity index (χ2n) is 5.52. The highest BCUT2D eigenvalue weighted by atomic mass is 32.2. The summed E-state index contributed by atoms with van der Waals surface area (Å²) in [4.78, 5) is 17.3. The SMILES string of the molecule is CN1CCN(C(=O)C2=CC(c3cccs3)=NS(=O)(=O)N2C)CC1. The van der Waals surface area contributed by atoms with Crippen molar-refractivity contribution in [3.05, 3.63) is 34.2 Å². The number of nitrogens with zero attached hydrogens (tertiary/aromatic N) is 4. The summed E-state index contributed by atoms with van der Waals surface area (Å²) in [6.45, 7) is 2.74. The first-order valence-corrected chi connectivity index (χ1v) is 9.48. The zero-order valence-corrected chi connectivity index (χ0v) is 14.6. The standard InChI is InChI=1S/C14H18N4O3S2/c1-16-5-7-18(8-6-16)14(19)12-10-11(13-4-3-9-22-13)15-23(20,21)17(12)2/h3-4,9-10H,5-8H2,1-2H3. The molecule has 0 unspecified atom stereocenters. The van der Waals surface area contributed by atoms with Gasteiger partial charge >= 0.3 is 10.2 Å². The lowest BCUT2D eigenvalue weighted by Crippen LogP contribution is -2.49. The minimum atomic E-state index is -3.88. The van der Waals surface area contributed by atoms with Crippen LogP contribution in [0.15, 0.2) is 33.7 Å². The average molecular weight is 354 g/mol. The Labute approximate surface area is 139 Å². The molecule has 1 aromatic heterocycles. The van der Waals surface area contributed by atoms with Crippen molar-refractivity contribution < 1.29 is 13.2 Å². The molecule has 0 radical (unpaired) electrons. The molecule has 0 bridgehead atoms. The van der Waals surface area contributed by atoms with E-state index in [2.05, 4.69) is 9.30 Å². The third-order valence-corrected chi connectivity index (χ3v) is 6.16. The normalized spacial score (nSPS) is 21.8. The van der Waals surface area contributed by atoms with E-state index >= 15 is 0 Å². The summed E-state index contributed by atoms with van der Waals surface area (Å²) in [5.41, 5.74) is 0.462. The molecule has 7 nitrogen and oxygen atoms in total. The molecule has 0 atom stereocenters. The van der Waals surface area contributed by atoms with Gasteiger partial charge in [-0.05, 0) is 24.6 Å². The van der Waals surface area contributed by atoms with Crippen LogP contribution in [0.3, 0.4) is 0 Å². The number of carbonyl (C=O) groups is 1. The monoisotopic (exact) mass is 354 g/mol. The number of carbonyl (C=O) groups excluding carboxylic acids is 1. The summed E-state index contributed by atoms with van der Waals surface area (Å²) in [5.74, 6) is -0.270. The van der Waals surface area contributed by atoms with Gasteiger partial charge in [-0.3, -0.25) is 4.79 Å². The molecule has 124 valence electrons. The van der Waals surface area contributed by atoms with E-state index in [1.54, 1.807) is 17.0 Å². The van der Waals surface area contributed by atoms with Crippen LogP contribution in [0.5, 0.6) is 0 Å². The van der Waals surface area contributed by atoms with Crippen LogP contribution in [0.1, 0.15) is 4.88 Å². The van der Waals surface area contributed by atoms with Gasteiger partial charge < -0.3 is 9.80 Å². The Hall–Kier alpha value is -1.71. The first-order valence-electron chi connectivity index (χ1n) is 7.21. The molecule has 0 N–H and O–H groups in total. The molecule has 2 aliphatic heterocycles. The van der Waals surface area contributed by atoms with Crippen LogP contribution in [0.25, 0.3) is 0 Å². The number of allylic oxidation sites excluding steroid dienone is 1. The molecule has 23 heavy (non-hydrogen) atoms. The van der Waals surface area contributed by atoms with E-state index in [0.29, 0.717) is 18.8 Å². The maximum absolute atomic E-state index is 12.8. The molecule has 3 rings (SSSR count). The second-order valence-corrected chi connectivity index (χ2v) is 8.10. The van der Waals surface area contributed by atoms with E-state index in [0.717, 1.165) is 22.3 Å². The van der Waals surface area contributed by atoms with Gasteiger partial charge in [0, 0.05) is 33.2 Å². The summed E-state index contributed by atoms with van der Waals surface area (Å²) in [5, 5.41) is 1.85. The molecule has 1 aromatic rings. The van der Waals surface area contributed by atoms with Crippen LogP contribution >= 0.6 is 11.3 Å². The van der Waals surface area contributed by atoms with Gasteiger partial charge in [0.25, 0.3) is 5.91 Å². The lowest BCUT2D eigenvalue weighted by molar-refractivity contribution is -0.129. The van der Waals surface area contributed by atoms with E-state index in [-0.39, 0.29) is 11.6 Å². The Balaban J connectivity index is 1.93. The Morgan fingerprint density at radius 1 is 1.22 bits per heavy atom. The summed E-state index contributed by atoms with van der Waals surface area (Å²) >= 11 is 1.39. The van der Waals surface area contributed by atoms with Gasteiger partial charge in [-0.15, -0.1) is 15.7 Å². The van der Waals surface area contributed by atoms with Crippen molar-refractivity contribution in [2.24, 2.45) is 4.40 Å². The largest absolute Gasteiger partial charge is 0.345 e. The minimum absolute atomic E-state index is 0.146. The quantitative estimate of drug-likeness (QED) is 0.770. The summed E-state index contributed by atoms with van der Waals surface area (Å²) in [6, 6.07) is 3.61. The van der Waals surface area contributed by atoms with E-state index in [1.165, 1.54) is 18.4 Å². The van der Waals surface area contributed by atoms with Crippen LogP contribution < -0.4 is 0 Å². The van der Waals surface area contributed by atoms with Crippen molar-refractivity contribution in [3.63, 3.8) is 0 Å². The minimum Gasteiger partial charge on any atom is -0.335 e. The molecule has 1 amide bonds. The van der Waals surface area contributed by atoms with Crippen molar-refractivity contribution >= 4 is 33.2 Å². The molecule has 0 saturated carbocycles. The van der Waals surface area contributed by atoms with Gasteiger partial charge in [-0.2, -0.15) is 8.42 Å². The highest BCUT2D eigenvalue weighted by Gasteiger charge is 2.33. The van der Waals surface area contributed by atoms with Crippen molar-refractivity contribution in [1.82, 2.24) is 14.1 Å². The molecule has 9 heteroatoms. The third kappa shape index (κ3) is 3.17. The van der Waals surface area contributed by atoms with Crippen LogP contribution in [0.2, 0.25) is 0 Å². The van der Waals surface area contributed by atoms with Gasteiger partial charge in [0.2, 0.25) is 0 Å². The van der Waals surface area contributed by atoms with E-state index in [1.807, 2.05) is 18.5 Å². The Morgan fingerprint density at radius 3 is 2.52 bits per heavy atom.